The number of thiophene rings is 1. The van der Waals surface area contributed by atoms with E-state index in [1.54, 1.807) is 23.8 Å². The quantitative estimate of drug-likeness (QED) is 0.711. The number of halogens is 1. The van der Waals surface area contributed by atoms with Crippen molar-refractivity contribution in [2.45, 2.75) is 33.2 Å². The van der Waals surface area contributed by atoms with Gasteiger partial charge in [0.05, 0.1) is 12.6 Å². The van der Waals surface area contributed by atoms with E-state index >= 15 is 0 Å². The first-order chi connectivity index (χ1) is 11.1. The molecule has 0 spiro atoms. The van der Waals surface area contributed by atoms with Crippen LogP contribution >= 0.6 is 22.9 Å². The molecule has 0 saturated carbocycles. The van der Waals surface area contributed by atoms with Gasteiger partial charge in [0.1, 0.15) is 28.3 Å². The van der Waals surface area contributed by atoms with Crippen LogP contribution in [0.2, 0.25) is 0 Å². The Morgan fingerprint density at radius 1 is 1.30 bits per heavy atom. The summed E-state index contributed by atoms with van der Waals surface area (Å²) >= 11 is 8.23. The molecular weight excluding hydrogens is 334 g/mol. The monoisotopic (exact) mass is 347 g/mol. The second kappa shape index (κ2) is 5.28. The second-order valence-electron chi connectivity index (χ2n) is 5.47. The molecule has 4 rings (SSSR count). The Morgan fingerprint density at radius 3 is 2.87 bits per heavy atom. The van der Waals surface area contributed by atoms with Crippen molar-refractivity contribution in [1.82, 2.24) is 19.7 Å². The van der Waals surface area contributed by atoms with Crippen LogP contribution in [0.5, 0.6) is 0 Å². The maximum atomic E-state index is 6.55. The van der Waals surface area contributed by atoms with E-state index in [0.29, 0.717) is 17.5 Å². The molecule has 0 fully saturated rings. The average Bonchev–Trinajstić information content (AvgIpc) is 3.18. The SMILES string of the molecule is Cc1sc2c(c1C)C(Cl)=NC(Cc1ncco1)c1nnc(C)n1-2. The van der Waals surface area contributed by atoms with Gasteiger partial charge in [0.15, 0.2) is 11.7 Å². The van der Waals surface area contributed by atoms with Crippen molar-refractivity contribution >= 4 is 28.1 Å². The number of aryl methyl sites for hydroxylation is 2. The predicted octanol–water partition coefficient (Wildman–Crippen LogP) is 3.52. The van der Waals surface area contributed by atoms with Crippen LogP contribution in [0.3, 0.4) is 0 Å². The second-order valence-corrected chi connectivity index (χ2v) is 7.03. The summed E-state index contributed by atoms with van der Waals surface area (Å²) in [6.45, 7) is 6.09. The highest BCUT2D eigenvalue weighted by Gasteiger charge is 2.30. The van der Waals surface area contributed by atoms with E-state index in [1.165, 1.54) is 4.88 Å². The van der Waals surface area contributed by atoms with Crippen molar-refractivity contribution in [2.24, 2.45) is 4.99 Å². The lowest BCUT2D eigenvalue weighted by Crippen LogP contribution is -2.08. The molecular formula is C15H14ClN5OS. The molecule has 23 heavy (non-hydrogen) atoms. The van der Waals surface area contributed by atoms with Crippen LogP contribution in [0.1, 0.15) is 39.6 Å². The molecule has 3 aromatic heterocycles. The summed E-state index contributed by atoms with van der Waals surface area (Å²) in [5, 5.41) is 10.1. The fraction of sp³-hybridized carbons (Fsp3) is 0.333. The average molecular weight is 348 g/mol. The lowest BCUT2D eigenvalue weighted by atomic mass is 10.2. The molecule has 0 radical (unpaired) electrons. The number of aliphatic imine (C=N–C) groups is 1. The molecule has 4 heterocycles. The third-order valence-corrected chi connectivity index (χ3v) is 5.52. The van der Waals surface area contributed by atoms with Crippen LogP contribution in [-0.2, 0) is 6.42 Å². The van der Waals surface area contributed by atoms with E-state index < -0.39 is 0 Å². The van der Waals surface area contributed by atoms with E-state index in [0.717, 1.165) is 27.8 Å². The highest BCUT2D eigenvalue weighted by molar-refractivity contribution is 7.15. The molecule has 1 aliphatic heterocycles. The minimum atomic E-state index is -0.276. The molecule has 118 valence electrons. The minimum Gasteiger partial charge on any atom is -0.449 e. The normalized spacial score (nSPS) is 16.7. The van der Waals surface area contributed by atoms with Gasteiger partial charge in [-0.15, -0.1) is 21.5 Å². The van der Waals surface area contributed by atoms with Crippen LogP contribution in [-0.4, -0.2) is 24.9 Å². The summed E-state index contributed by atoms with van der Waals surface area (Å²) in [6, 6.07) is -0.276. The van der Waals surface area contributed by atoms with E-state index in [2.05, 4.69) is 34.0 Å². The Bertz CT molecular complexity index is 909. The molecule has 0 aromatic carbocycles. The summed E-state index contributed by atoms with van der Waals surface area (Å²) in [6.07, 6.45) is 3.67. The first-order valence-electron chi connectivity index (χ1n) is 7.20. The summed E-state index contributed by atoms with van der Waals surface area (Å²) < 4.78 is 7.41. The molecule has 0 N–H and O–H groups in total. The smallest absolute Gasteiger partial charge is 0.196 e. The van der Waals surface area contributed by atoms with Gasteiger partial charge in [-0.25, -0.2) is 4.98 Å². The predicted molar refractivity (Wildman–Crippen MR) is 88.8 cm³/mol. The highest BCUT2D eigenvalue weighted by atomic mass is 35.5. The number of hydrogen-bond acceptors (Lipinski definition) is 6. The van der Waals surface area contributed by atoms with Crippen LogP contribution in [0.25, 0.3) is 5.00 Å². The highest BCUT2D eigenvalue weighted by Crippen LogP contribution is 2.38. The number of hydrogen-bond donors (Lipinski definition) is 0. The summed E-state index contributed by atoms with van der Waals surface area (Å²) in [5.74, 6) is 2.19. The first-order valence-corrected chi connectivity index (χ1v) is 8.40. The summed E-state index contributed by atoms with van der Waals surface area (Å²) in [7, 11) is 0. The van der Waals surface area contributed by atoms with Crippen molar-refractivity contribution in [3.05, 3.63) is 46.0 Å². The molecule has 1 aliphatic rings. The fourth-order valence-electron chi connectivity index (χ4n) is 2.77. The van der Waals surface area contributed by atoms with E-state index in [1.807, 2.05) is 11.5 Å². The maximum absolute atomic E-state index is 6.55. The number of oxazole rings is 1. The molecule has 0 saturated heterocycles. The van der Waals surface area contributed by atoms with E-state index in [-0.39, 0.29) is 6.04 Å². The van der Waals surface area contributed by atoms with Crippen LogP contribution in [0.4, 0.5) is 0 Å². The largest absolute Gasteiger partial charge is 0.449 e. The maximum Gasteiger partial charge on any atom is 0.196 e. The Labute approximate surface area is 141 Å². The molecule has 0 aliphatic carbocycles. The Kier molecular flexibility index (Phi) is 3.35. The van der Waals surface area contributed by atoms with Crippen molar-refractivity contribution in [2.75, 3.05) is 0 Å². The van der Waals surface area contributed by atoms with Gasteiger partial charge in [-0.05, 0) is 26.3 Å². The number of rotatable bonds is 2. The molecule has 1 atom stereocenters. The third-order valence-electron chi connectivity index (χ3n) is 4.04. The third kappa shape index (κ3) is 2.22. The minimum absolute atomic E-state index is 0.276. The molecule has 0 amide bonds. The lowest BCUT2D eigenvalue weighted by molar-refractivity contribution is 0.467. The van der Waals surface area contributed by atoms with Crippen molar-refractivity contribution < 1.29 is 4.42 Å². The zero-order valence-corrected chi connectivity index (χ0v) is 14.4. The van der Waals surface area contributed by atoms with E-state index in [9.17, 15) is 0 Å². The molecule has 1 unspecified atom stereocenters. The Morgan fingerprint density at radius 2 is 2.13 bits per heavy atom. The van der Waals surface area contributed by atoms with E-state index in [4.69, 9.17) is 16.0 Å². The topological polar surface area (TPSA) is 69.1 Å². The van der Waals surface area contributed by atoms with Crippen molar-refractivity contribution in [3.63, 3.8) is 0 Å². The molecule has 0 bridgehead atoms. The number of aromatic nitrogens is 4. The standard InChI is InChI=1S/C15H14ClN5OS/c1-7-8(2)23-15-12(7)13(16)18-10(6-11-17-4-5-22-11)14-20-19-9(3)21(14)15/h4-5,10H,6H2,1-3H3. The first kappa shape index (κ1) is 14.6. The van der Waals surface area contributed by atoms with Gasteiger partial charge >= 0.3 is 0 Å². The van der Waals surface area contributed by atoms with Crippen LogP contribution in [0.15, 0.2) is 21.9 Å². The fourth-order valence-corrected chi connectivity index (χ4v) is 4.39. The Balaban J connectivity index is 1.93. The van der Waals surface area contributed by atoms with Crippen molar-refractivity contribution in [3.8, 4) is 5.00 Å². The van der Waals surface area contributed by atoms with Crippen molar-refractivity contribution in [1.29, 1.82) is 0 Å². The van der Waals surface area contributed by atoms with Gasteiger partial charge in [-0.1, -0.05) is 11.6 Å². The van der Waals surface area contributed by atoms with Crippen LogP contribution < -0.4 is 0 Å². The number of fused-ring (bicyclic) bond motifs is 3. The van der Waals surface area contributed by atoms with Gasteiger partial charge in [0, 0.05) is 10.4 Å². The summed E-state index contributed by atoms with van der Waals surface area (Å²) in [4.78, 5) is 10.1. The van der Waals surface area contributed by atoms with Gasteiger partial charge in [0.25, 0.3) is 0 Å². The Hall–Kier alpha value is -1.99. The van der Waals surface area contributed by atoms with Gasteiger partial charge in [0.2, 0.25) is 0 Å². The lowest BCUT2D eigenvalue weighted by Gasteiger charge is -2.09. The zero-order valence-electron chi connectivity index (χ0n) is 12.9. The molecule has 8 heteroatoms. The summed E-state index contributed by atoms with van der Waals surface area (Å²) in [5.41, 5.74) is 2.11. The van der Waals surface area contributed by atoms with Gasteiger partial charge < -0.3 is 4.42 Å². The number of nitrogens with zero attached hydrogens (tertiary/aromatic N) is 5. The molecule has 6 nitrogen and oxygen atoms in total. The van der Waals surface area contributed by atoms with Crippen LogP contribution in [0, 0.1) is 20.8 Å². The van der Waals surface area contributed by atoms with Gasteiger partial charge in [-0.2, -0.15) is 0 Å². The molecule has 3 aromatic rings. The zero-order chi connectivity index (χ0) is 16.1. The van der Waals surface area contributed by atoms with Gasteiger partial charge in [-0.3, -0.25) is 9.56 Å².